The summed E-state index contributed by atoms with van der Waals surface area (Å²) in [6.07, 6.45) is 0.622. The Balaban J connectivity index is 1.41. The minimum atomic E-state index is -1.15. The average Bonchev–Trinajstić information content (AvgIpc) is 3.36. The number of carbonyl (C=O) groups excluding carboxylic acids is 1. The van der Waals surface area contributed by atoms with Gasteiger partial charge in [-0.3, -0.25) is 18.7 Å². The number of H-pyrrole nitrogens is 1. The van der Waals surface area contributed by atoms with Gasteiger partial charge in [-0.2, -0.15) is 0 Å². The quantitative estimate of drug-likeness (QED) is 0.604. The van der Waals surface area contributed by atoms with Crippen LogP contribution in [0.5, 0.6) is 0 Å². The van der Waals surface area contributed by atoms with Gasteiger partial charge >= 0.3 is 5.69 Å². The number of benzene rings is 1. The molecule has 0 bridgehead atoms. The number of aromatic nitrogens is 4. The van der Waals surface area contributed by atoms with Gasteiger partial charge in [0.05, 0.1) is 5.71 Å². The average molecular weight is 445 g/mol. The van der Waals surface area contributed by atoms with Crippen LogP contribution in [0.3, 0.4) is 0 Å². The van der Waals surface area contributed by atoms with Gasteiger partial charge in [0.15, 0.2) is 5.65 Å². The molecule has 3 heterocycles. The van der Waals surface area contributed by atoms with Crippen LogP contribution in [0, 0.1) is 0 Å². The van der Waals surface area contributed by atoms with Crippen LogP contribution in [0.2, 0.25) is 5.02 Å². The Bertz CT molecular complexity index is 1340. The fraction of sp³-hybridized carbons (Fsp3) is 0.350. The number of oxime groups is 1. The van der Waals surface area contributed by atoms with Crippen molar-refractivity contribution in [2.24, 2.45) is 19.3 Å². The van der Waals surface area contributed by atoms with Gasteiger partial charge in [-0.05, 0) is 13.0 Å². The van der Waals surface area contributed by atoms with Crippen LogP contribution in [0.4, 0.5) is 0 Å². The molecular formula is C20H21ClN6O4. The second-order valence-electron chi connectivity index (χ2n) is 7.61. The summed E-state index contributed by atoms with van der Waals surface area (Å²) in [6.45, 7) is 1.92. The second-order valence-corrected chi connectivity index (χ2v) is 8.02. The van der Waals surface area contributed by atoms with Gasteiger partial charge in [0.1, 0.15) is 11.3 Å². The molecule has 1 amide bonds. The van der Waals surface area contributed by atoms with E-state index in [0.29, 0.717) is 23.0 Å². The van der Waals surface area contributed by atoms with E-state index < -0.39 is 16.9 Å². The molecule has 11 heteroatoms. The van der Waals surface area contributed by atoms with Gasteiger partial charge in [-0.1, -0.05) is 35.0 Å². The first kappa shape index (κ1) is 20.9. The van der Waals surface area contributed by atoms with Gasteiger partial charge in [-0.15, -0.1) is 0 Å². The Kier molecular flexibility index (Phi) is 5.18. The molecule has 31 heavy (non-hydrogen) atoms. The number of amides is 1. The first-order valence-electron chi connectivity index (χ1n) is 9.64. The van der Waals surface area contributed by atoms with E-state index in [2.05, 4.69) is 20.4 Å². The maximum absolute atomic E-state index is 12.7. The molecule has 1 atom stereocenters. The number of aromatic amines is 1. The summed E-state index contributed by atoms with van der Waals surface area (Å²) < 4.78 is 2.32. The lowest BCUT2D eigenvalue weighted by atomic mass is 9.95. The van der Waals surface area contributed by atoms with Crippen molar-refractivity contribution < 1.29 is 9.63 Å². The Labute approximate surface area is 181 Å². The van der Waals surface area contributed by atoms with Gasteiger partial charge in [0.2, 0.25) is 5.60 Å². The molecule has 0 radical (unpaired) electrons. The molecule has 10 nitrogen and oxygen atoms in total. The van der Waals surface area contributed by atoms with Crippen LogP contribution in [0.25, 0.3) is 11.2 Å². The number of halogens is 1. The summed E-state index contributed by atoms with van der Waals surface area (Å²) in [5, 5.41) is 7.41. The number of rotatable bonds is 5. The summed E-state index contributed by atoms with van der Waals surface area (Å²) in [5.41, 5.74) is -0.190. The third-order valence-corrected chi connectivity index (χ3v) is 5.65. The van der Waals surface area contributed by atoms with Crippen molar-refractivity contribution in [2.45, 2.75) is 25.4 Å². The fourth-order valence-corrected chi connectivity index (χ4v) is 3.72. The summed E-state index contributed by atoms with van der Waals surface area (Å²) in [5.74, 6) is 0.164. The topological polar surface area (TPSA) is 123 Å². The van der Waals surface area contributed by atoms with Crippen molar-refractivity contribution in [2.75, 3.05) is 6.54 Å². The van der Waals surface area contributed by atoms with E-state index in [1.807, 2.05) is 18.2 Å². The lowest BCUT2D eigenvalue weighted by Gasteiger charge is -2.20. The number of hydrogen-bond acceptors (Lipinski definition) is 6. The predicted molar refractivity (Wildman–Crippen MR) is 115 cm³/mol. The first-order valence-corrected chi connectivity index (χ1v) is 10.0. The highest BCUT2D eigenvalue weighted by Gasteiger charge is 2.42. The molecule has 2 aromatic heterocycles. The van der Waals surface area contributed by atoms with Crippen LogP contribution in [-0.4, -0.2) is 42.9 Å². The predicted octanol–water partition coefficient (Wildman–Crippen LogP) is 0.856. The number of aryl methyl sites for hydroxylation is 1. The van der Waals surface area contributed by atoms with Gasteiger partial charge < -0.3 is 15.1 Å². The Hall–Kier alpha value is -3.40. The summed E-state index contributed by atoms with van der Waals surface area (Å²) in [7, 11) is 2.96. The zero-order valence-electron chi connectivity index (χ0n) is 17.2. The van der Waals surface area contributed by atoms with Crippen LogP contribution in [0.15, 0.2) is 39.0 Å². The number of imidazole rings is 1. The molecule has 0 saturated carbocycles. The highest BCUT2D eigenvalue weighted by Crippen LogP contribution is 2.29. The Morgan fingerprint density at radius 3 is 2.77 bits per heavy atom. The van der Waals surface area contributed by atoms with E-state index in [9.17, 15) is 14.4 Å². The van der Waals surface area contributed by atoms with Crippen molar-refractivity contribution in [3.05, 3.63) is 61.5 Å². The van der Waals surface area contributed by atoms with Crippen molar-refractivity contribution in [1.82, 2.24) is 24.4 Å². The van der Waals surface area contributed by atoms with Gasteiger partial charge in [0, 0.05) is 44.1 Å². The molecule has 2 N–H and O–H groups in total. The Morgan fingerprint density at radius 1 is 1.29 bits per heavy atom. The molecule has 162 valence electrons. The molecule has 0 fully saturated rings. The monoisotopic (exact) mass is 444 g/mol. The molecule has 1 unspecified atom stereocenters. The van der Waals surface area contributed by atoms with Crippen molar-refractivity contribution in [3.8, 4) is 0 Å². The molecule has 3 aromatic rings. The van der Waals surface area contributed by atoms with E-state index >= 15 is 0 Å². The zero-order valence-corrected chi connectivity index (χ0v) is 18.0. The number of nitrogens with zero attached hydrogens (tertiary/aromatic N) is 4. The lowest BCUT2D eigenvalue weighted by Crippen LogP contribution is -2.45. The highest BCUT2D eigenvalue weighted by molar-refractivity contribution is 6.34. The molecule has 1 aliphatic rings. The van der Waals surface area contributed by atoms with E-state index in [1.54, 1.807) is 20.0 Å². The standard InChI is InChI=1S/C20H21ClN6O4/c1-20(10-13(25-31-20)11-6-4-5-7-12(11)21)18(29)22-9-8-14-23-15-16(24-14)26(2)19(30)27(3)17(15)28/h4-7H,8-10H2,1-3H3,(H,22,29)(H,23,24). The zero-order chi connectivity index (χ0) is 22.3. The summed E-state index contributed by atoms with van der Waals surface area (Å²) >= 11 is 6.21. The SMILES string of the molecule is Cn1c(=O)c2[nH]c(CCNC(=O)C3(C)CC(c4ccccc4Cl)=NO3)nc2n(C)c1=O. The summed E-state index contributed by atoms with van der Waals surface area (Å²) in [4.78, 5) is 49.7. The Morgan fingerprint density at radius 2 is 2.03 bits per heavy atom. The third-order valence-electron chi connectivity index (χ3n) is 5.32. The third kappa shape index (κ3) is 3.63. The largest absolute Gasteiger partial charge is 0.379 e. The number of carbonyl (C=O) groups is 1. The highest BCUT2D eigenvalue weighted by atomic mass is 35.5. The minimum absolute atomic E-state index is 0.245. The van der Waals surface area contributed by atoms with Crippen LogP contribution in [-0.2, 0) is 30.1 Å². The number of fused-ring (bicyclic) bond motifs is 1. The van der Waals surface area contributed by atoms with Crippen LogP contribution in [0.1, 0.15) is 24.7 Å². The molecule has 0 saturated heterocycles. The van der Waals surface area contributed by atoms with Crippen LogP contribution >= 0.6 is 11.6 Å². The molecule has 1 aromatic carbocycles. The normalized spacial score (nSPS) is 18.1. The molecule has 0 aliphatic carbocycles. The van der Waals surface area contributed by atoms with Gasteiger partial charge in [0.25, 0.3) is 11.5 Å². The van der Waals surface area contributed by atoms with E-state index in [0.717, 1.165) is 10.1 Å². The van der Waals surface area contributed by atoms with E-state index in [-0.39, 0.29) is 30.0 Å². The van der Waals surface area contributed by atoms with E-state index in [1.165, 1.54) is 11.6 Å². The van der Waals surface area contributed by atoms with Crippen molar-refractivity contribution >= 4 is 34.4 Å². The second kappa shape index (κ2) is 7.69. The first-order chi connectivity index (χ1) is 14.7. The number of nitrogens with one attached hydrogen (secondary N) is 2. The molecular weight excluding hydrogens is 424 g/mol. The molecule has 0 spiro atoms. The summed E-state index contributed by atoms with van der Waals surface area (Å²) in [6, 6.07) is 7.24. The maximum atomic E-state index is 12.7. The van der Waals surface area contributed by atoms with Gasteiger partial charge in [-0.25, -0.2) is 9.78 Å². The van der Waals surface area contributed by atoms with E-state index in [4.69, 9.17) is 16.4 Å². The van der Waals surface area contributed by atoms with Crippen molar-refractivity contribution in [1.29, 1.82) is 0 Å². The smallest absolute Gasteiger partial charge is 0.332 e. The van der Waals surface area contributed by atoms with Crippen LogP contribution < -0.4 is 16.6 Å². The fourth-order valence-electron chi connectivity index (χ4n) is 3.47. The maximum Gasteiger partial charge on any atom is 0.332 e. The molecule has 1 aliphatic heterocycles. The number of hydrogen-bond donors (Lipinski definition) is 2. The minimum Gasteiger partial charge on any atom is -0.379 e. The molecule has 4 rings (SSSR count). The lowest BCUT2D eigenvalue weighted by molar-refractivity contribution is -0.141. The van der Waals surface area contributed by atoms with Crippen molar-refractivity contribution in [3.63, 3.8) is 0 Å².